The highest BCUT2D eigenvalue weighted by atomic mass is 14.7. The van der Waals surface area contributed by atoms with Gasteiger partial charge in [-0.1, -0.05) is 62.4 Å². The third-order valence-electron chi connectivity index (χ3n) is 4.07. The number of aromatic nitrogens is 1. The maximum Gasteiger partial charge on any atom is 0.0710 e. The van der Waals surface area contributed by atoms with Gasteiger partial charge in [-0.25, -0.2) is 0 Å². The summed E-state index contributed by atoms with van der Waals surface area (Å²) in [6.45, 7) is 6.58. The summed E-state index contributed by atoms with van der Waals surface area (Å²) >= 11 is 0. The smallest absolute Gasteiger partial charge is 0.0710 e. The lowest BCUT2D eigenvalue weighted by molar-refractivity contribution is 0.867. The molecule has 0 aliphatic rings. The van der Waals surface area contributed by atoms with Gasteiger partial charge < -0.3 is 0 Å². The Kier molecular flexibility index (Phi) is 4.06. The fourth-order valence-electron chi connectivity index (χ4n) is 2.70. The van der Waals surface area contributed by atoms with Crippen molar-refractivity contribution in [3.05, 3.63) is 78.0 Å². The van der Waals surface area contributed by atoms with Crippen molar-refractivity contribution in [3.63, 3.8) is 0 Å². The Hall–Kier alpha value is -2.41. The summed E-state index contributed by atoms with van der Waals surface area (Å²) in [7, 11) is 0. The highest BCUT2D eigenvalue weighted by Gasteiger charge is 2.06. The molecule has 0 spiro atoms. The Morgan fingerprint density at radius 2 is 1.59 bits per heavy atom. The second kappa shape index (κ2) is 6.15. The van der Waals surface area contributed by atoms with Gasteiger partial charge in [-0.15, -0.1) is 0 Å². The molecule has 0 amide bonds. The van der Waals surface area contributed by atoms with Crippen LogP contribution in [0.2, 0.25) is 0 Å². The lowest BCUT2D eigenvalue weighted by Crippen LogP contribution is -1.90. The molecule has 2 aromatic carbocycles. The Balaban J connectivity index is 2.05. The molecule has 3 rings (SSSR count). The van der Waals surface area contributed by atoms with E-state index >= 15 is 0 Å². The van der Waals surface area contributed by atoms with Crippen LogP contribution >= 0.6 is 0 Å². The molecule has 0 atom stereocenters. The summed E-state index contributed by atoms with van der Waals surface area (Å²) in [5, 5.41) is 0. The number of rotatable bonds is 3. The van der Waals surface area contributed by atoms with Crippen LogP contribution in [0.5, 0.6) is 0 Å². The molecule has 1 heterocycles. The van der Waals surface area contributed by atoms with Crippen LogP contribution < -0.4 is 0 Å². The SMILES string of the molecule is Cc1ccccc1-c1cc(-c2cccc(C(C)C)c2)ccn1. The lowest BCUT2D eigenvalue weighted by Gasteiger charge is -2.10. The summed E-state index contributed by atoms with van der Waals surface area (Å²) in [6, 6.07) is 21.4. The van der Waals surface area contributed by atoms with Gasteiger partial charge >= 0.3 is 0 Å². The van der Waals surface area contributed by atoms with Crippen molar-refractivity contribution in [1.29, 1.82) is 0 Å². The van der Waals surface area contributed by atoms with Gasteiger partial charge in [0, 0.05) is 11.8 Å². The summed E-state index contributed by atoms with van der Waals surface area (Å²) < 4.78 is 0. The normalized spacial score (nSPS) is 10.9. The summed E-state index contributed by atoms with van der Waals surface area (Å²) in [6.07, 6.45) is 1.90. The molecule has 22 heavy (non-hydrogen) atoms. The van der Waals surface area contributed by atoms with Crippen molar-refractivity contribution < 1.29 is 0 Å². The lowest BCUT2D eigenvalue weighted by atomic mass is 9.96. The van der Waals surface area contributed by atoms with Gasteiger partial charge in [0.05, 0.1) is 5.69 Å². The van der Waals surface area contributed by atoms with Crippen molar-refractivity contribution >= 4 is 0 Å². The van der Waals surface area contributed by atoms with Crippen LogP contribution in [0.4, 0.5) is 0 Å². The minimum Gasteiger partial charge on any atom is -0.256 e. The third-order valence-corrected chi connectivity index (χ3v) is 4.07. The predicted molar refractivity (Wildman–Crippen MR) is 93.9 cm³/mol. The van der Waals surface area contributed by atoms with E-state index < -0.39 is 0 Å². The Labute approximate surface area is 132 Å². The molecule has 1 nitrogen and oxygen atoms in total. The molecule has 0 fully saturated rings. The first-order valence-electron chi connectivity index (χ1n) is 7.77. The fraction of sp³-hybridized carbons (Fsp3) is 0.190. The zero-order valence-corrected chi connectivity index (χ0v) is 13.4. The third kappa shape index (κ3) is 2.94. The number of hydrogen-bond donors (Lipinski definition) is 0. The summed E-state index contributed by atoms with van der Waals surface area (Å²) in [5.41, 5.74) is 7.32. The van der Waals surface area contributed by atoms with Gasteiger partial charge in [0.2, 0.25) is 0 Å². The maximum atomic E-state index is 4.55. The first kappa shape index (κ1) is 14.5. The molecule has 1 heteroatoms. The predicted octanol–water partition coefficient (Wildman–Crippen LogP) is 5.85. The van der Waals surface area contributed by atoms with E-state index in [4.69, 9.17) is 0 Å². The van der Waals surface area contributed by atoms with E-state index in [1.807, 2.05) is 6.20 Å². The number of pyridine rings is 1. The largest absolute Gasteiger partial charge is 0.256 e. The Morgan fingerprint density at radius 1 is 0.818 bits per heavy atom. The number of benzene rings is 2. The standard InChI is InChI=1S/C21H21N/c1-15(2)17-8-6-9-18(13-17)19-11-12-22-21(14-19)20-10-5-4-7-16(20)3/h4-15H,1-3H3. The van der Waals surface area contributed by atoms with Crippen molar-refractivity contribution in [1.82, 2.24) is 4.98 Å². The maximum absolute atomic E-state index is 4.55. The van der Waals surface area contributed by atoms with Crippen LogP contribution in [0.15, 0.2) is 66.9 Å². The fourth-order valence-corrected chi connectivity index (χ4v) is 2.70. The summed E-state index contributed by atoms with van der Waals surface area (Å²) in [4.78, 5) is 4.55. The molecule has 0 saturated heterocycles. The van der Waals surface area contributed by atoms with Crippen LogP contribution in [-0.2, 0) is 0 Å². The molecule has 0 bridgehead atoms. The molecular formula is C21H21N. The molecule has 0 radical (unpaired) electrons. The van der Waals surface area contributed by atoms with Gasteiger partial charge in [0.1, 0.15) is 0 Å². The molecular weight excluding hydrogens is 266 g/mol. The highest BCUT2D eigenvalue weighted by molar-refractivity contribution is 5.72. The van der Waals surface area contributed by atoms with E-state index in [1.54, 1.807) is 0 Å². The van der Waals surface area contributed by atoms with Crippen LogP contribution in [0.25, 0.3) is 22.4 Å². The first-order valence-corrected chi connectivity index (χ1v) is 7.77. The highest BCUT2D eigenvalue weighted by Crippen LogP contribution is 2.28. The van der Waals surface area contributed by atoms with Gasteiger partial charge in [0.15, 0.2) is 0 Å². The van der Waals surface area contributed by atoms with Crippen LogP contribution in [0, 0.1) is 6.92 Å². The van der Waals surface area contributed by atoms with Crippen molar-refractivity contribution in [2.75, 3.05) is 0 Å². The van der Waals surface area contributed by atoms with E-state index in [0.29, 0.717) is 5.92 Å². The minimum absolute atomic E-state index is 0.539. The average Bonchev–Trinajstić information content (AvgIpc) is 2.55. The Morgan fingerprint density at radius 3 is 2.36 bits per heavy atom. The van der Waals surface area contributed by atoms with E-state index in [9.17, 15) is 0 Å². The number of hydrogen-bond acceptors (Lipinski definition) is 1. The van der Waals surface area contributed by atoms with Crippen LogP contribution in [0.1, 0.15) is 30.9 Å². The van der Waals surface area contributed by atoms with E-state index in [-0.39, 0.29) is 0 Å². The molecule has 0 unspecified atom stereocenters. The van der Waals surface area contributed by atoms with E-state index in [1.165, 1.54) is 27.8 Å². The van der Waals surface area contributed by atoms with Crippen molar-refractivity contribution in [2.24, 2.45) is 0 Å². The minimum atomic E-state index is 0.539. The van der Waals surface area contributed by atoms with Gasteiger partial charge in [-0.3, -0.25) is 4.98 Å². The number of aryl methyl sites for hydroxylation is 1. The Bertz CT molecular complexity index is 787. The molecule has 0 aliphatic heterocycles. The zero-order valence-electron chi connectivity index (χ0n) is 13.4. The molecule has 110 valence electrons. The van der Waals surface area contributed by atoms with Crippen LogP contribution in [-0.4, -0.2) is 4.98 Å². The molecule has 1 aromatic heterocycles. The second-order valence-corrected chi connectivity index (χ2v) is 6.02. The van der Waals surface area contributed by atoms with Gasteiger partial charge in [0.25, 0.3) is 0 Å². The molecule has 0 saturated carbocycles. The van der Waals surface area contributed by atoms with Crippen LogP contribution in [0.3, 0.4) is 0 Å². The van der Waals surface area contributed by atoms with E-state index in [0.717, 1.165) is 5.69 Å². The van der Waals surface area contributed by atoms with Gasteiger partial charge in [-0.05, 0) is 47.2 Å². The molecule has 0 aliphatic carbocycles. The van der Waals surface area contributed by atoms with Crippen molar-refractivity contribution in [2.45, 2.75) is 26.7 Å². The van der Waals surface area contributed by atoms with Gasteiger partial charge in [-0.2, -0.15) is 0 Å². The topological polar surface area (TPSA) is 12.9 Å². The molecule has 3 aromatic rings. The first-order chi connectivity index (χ1) is 10.6. The van der Waals surface area contributed by atoms with E-state index in [2.05, 4.69) is 86.4 Å². The number of nitrogens with zero attached hydrogens (tertiary/aromatic N) is 1. The monoisotopic (exact) mass is 287 g/mol. The molecule has 0 N–H and O–H groups in total. The quantitative estimate of drug-likeness (QED) is 0.589. The van der Waals surface area contributed by atoms with Crippen molar-refractivity contribution in [3.8, 4) is 22.4 Å². The summed E-state index contributed by atoms with van der Waals surface area (Å²) in [5.74, 6) is 0.539. The average molecular weight is 287 g/mol. The second-order valence-electron chi connectivity index (χ2n) is 6.02. The zero-order chi connectivity index (χ0) is 15.5.